The van der Waals surface area contributed by atoms with Crippen LogP contribution in [0.2, 0.25) is 0 Å². The van der Waals surface area contributed by atoms with E-state index >= 15 is 0 Å². The number of hydrogen-bond acceptors (Lipinski definition) is 4. The molecule has 124 valence electrons. The Labute approximate surface area is 145 Å². The quantitative estimate of drug-likeness (QED) is 0.636. The molecular weight excluding hydrogens is 316 g/mol. The highest BCUT2D eigenvalue weighted by Crippen LogP contribution is 2.33. The summed E-state index contributed by atoms with van der Waals surface area (Å²) in [5.74, 6) is -0.161. The topological polar surface area (TPSA) is 70.4 Å². The number of carbonyl (C=O) groups excluding carboxylic acids is 2. The molecule has 2 amide bonds. The third-order valence-corrected chi connectivity index (χ3v) is 4.40. The maximum Gasteiger partial charge on any atom is 0.292 e. The molecular formula is C20H16N2O3. The third kappa shape index (κ3) is 3.02. The fourth-order valence-electron chi connectivity index (χ4n) is 2.84. The smallest absolute Gasteiger partial charge is 0.292 e. The molecule has 0 fully saturated rings. The summed E-state index contributed by atoms with van der Waals surface area (Å²) in [7, 11) is 0. The number of nitriles is 1. The van der Waals surface area contributed by atoms with Crippen molar-refractivity contribution in [2.45, 2.75) is 19.3 Å². The zero-order chi connectivity index (χ0) is 18.0. The van der Waals surface area contributed by atoms with Gasteiger partial charge in [0.05, 0.1) is 5.69 Å². The van der Waals surface area contributed by atoms with Crippen LogP contribution in [-0.4, -0.2) is 11.8 Å². The standard InChI is InChI=1S/C20H16N2O3/c1-20(2,15-5-9-17(10-6-15)25-13-21)14-3-7-16(8-4-14)22-18(23)11-12-19(22)24/h3-12H,1-2H3. The number of anilines is 1. The summed E-state index contributed by atoms with van der Waals surface area (Å²) < 4.78 is 4.80. The maximum atomic E-state index is 11.8. The summed E-state index contributed by atoms with van der Waals surface area (Å²) >= 11 is 0. The normalized spacial score (nSPS) is 13.9. The zero-order valence-electron chi connectivity index (χ0n) is 13.9. The first-order valence-corrected chi connectivity index (χ1v) is 7.76. The van der Waals surface area contributed by atoms with E-state index in [0.29, 0.717) is 11.4 Å². The van der Waals surface area contributed by atoms with Gasteiger partial charge in [0.25, 0.3) is 18.1 Å². The van der Waals surface area contributed by atoms with Gasteiger partial charge in [0.15, 0.2) is 0 Å². The highest BCUT2D eigenvalue weighted by molar-refractivity contribution is 6.28. The van der Waals surface area contributed by atoms with Gasteiger partial charge in [-0.3, -0.25) is 9.59 Å². The van der Waals surface area contributed by atoms with Crippen LogP contribution >= 0.6 is 0 Å². The average molecular weight is 332 g/mol. The predicted octanol–water partition coefficient (Wildman–Crippen LogP) is 3.30. The second kappa shape index (κ2) is 6.25. The lowest BCUT2D eigenvalue weighted by Gasteiger charge is -2.27. The van der Waals surface area contributed by atoms with Crippen LogP contribution in [0, 0.1) is 11.5 Å². The van der Waals surface area contributed by atoms with Gasteiger partial charge < -0.3 is 4.74 Å². The van der Waals surface area contributed by atoms with E-state index < -0.39 is 0 Å². The van der Waals surface area contributed by atoms with Crippen LogP contribution in [0.15, 0.2) is 60.7 Å². The van der Waals surface area contributed by atoms with Crippen LogP contribution in [0.1, 0.15) is 25.0 Å². The summed E-state index contributed by atoms with van der Waals surface area (Å²) in [6.07, 6.45) is 4.19. The number of imide groups is 1. The highest BCUT2D eigenvalue weighted by atomic mass is 16.5. The molecule has 0 unspecified atom stereocenters. The summed E-state index contributed by atoms with van der Waals surface area (Å²) in [5, 5.41) is 8.55. The van der Waals surface area contributed by atoms with Crippen molar-refractivity contribution in [2.75, 3.05) is 4.90 Å². The molecule has 0 bridgehead atoms. The average Bonchev–Trinajstić information content (AvgIpc) is 2.94. The molecule has 0 saturated carbocycles. The van der Waals surface area contributed by atoms with Crippen molar-refractivity contribution in [3.63, 3.8) is 0 Å². The van der Waals surface area contributed by atoms with Crippen LogP contribution in [0.25, 0.3) is 0 Å². The number of hydrogen-bond donors (Lipinski definition) is 0. The Bertz CT molecular complexity index is 870. The Morgan fingerprint density at radius 1 is 0.880 bits per heavy atom. The number of rotatable bonds is 4. The van der Waals surface area contributed by atoms with Crippen molar-refractivity contribution in [3.05, 3.63) is 71.8 Å². The molecule has 0 atom stereocenters. The lowest BCUT2D eigenvalue weighted by molar-refractivity contribution is -0.119. The molecule has 0 aromatic heterocycles. The second-order valence-corrected chi connectivity index (χ2v) is 6.23. The molecule has 3 rings (SSSR count). The molecule has 2 aromatic carbocycles. The van der Waals surface area contributed by atoms with Gasteiger partial charge in [0, 0.05) is 17.6 Å². The van der Waals surface area contributed by atoms with E-state index in [1.54, 1.807) is 30.5 Å². The van der Waals surface area contributed by atoms with Crippen LogP contribution in [-0.2, 0) is 15.0 Å². The Balaban J connectivity index is 1.86. The molecule has 0 N–H and O–H groups in total. The minimum Gasteiger partial charge on any atom is -0.388 e. The molecule has 5 heteroatoms. The monoisotopic (exact) mass is 332 g/mol. The molecule has 1 aliphatic rings. The Morgan fingerprint density at radius 2 is 1.36 bits per heavy atom. The number of ether oxygens (including phenoxy) is 1. The predicted molar refractivity (Wildman–Crippen MR) is 92.9 cm³/mol. The molecule has 25 heavy (non-hydrogen) atoms. The molecule has 0 saturated heterocycles. The minimum absolute atomic E-state index is 0.291. The van der Waals surface area contributed by atoms with Crippen LogP contribution in [0.5, 0.6) is 5.75 Å². The van der Waals surface area contributed by atoms with Gasteiger partial charge >= 0.3 is 0 Å². The number of nitrogens with zero attached hydrogens (tertiary/aromatic N) is 2. The minimum atomic E-state index is -0.329. The largest absolute Gasteiger partial charge is 0.388 e. The number of benzene rings is 2. The first kappa shape index (κ1) is 16.5. The molecule has 0 aliphatic carbocycles. The molecule has 0 radical (unpaired) electrons. The van der Waals surface area contributed by atoms with E-state index in [-0.39, 0.29) is 17.2 Å². The Hall–Kier alpha value is -3.39. The van der Waals surface area contributed by atoms with E-state index in [2.05, 4.69) is 13.8 Å². The SMILES string of the molecule is CC(C)(c1ccc(OC#N)cc1)c1ccc(N2C(=O)C=CC2=O)cc1. The van der Waals surface area contributed by atoms with E-state index in [1.807, 2.05) is 24.3 Å². The maximum absolute atomic E-state index is 11.8. The highest BCUT2D eigenvalue weighted by Gasteiger charge is 2.27. The van der Waals surface area contributed by atoms with Crippen molar-refractivity contribution >= 4 is 17.5 Å². The van der Waals surface area contributed by atoms with Gasteiger partial charge in [0.1, 0.15) is 5.75 Å². The van der Waals surface area contributed by atoms with Crippen LogP contribution in [0.4, 0.5) is 5.69 Å². The lowest BCUT2D eigenvalue weighted by Crippen LogP contribution is -2.29. The fourth-order valence-corrected chi connectivity index (χ4v) is 2.84. The first-order valence-electron chi connectivity index (χ1n) is 7.76. The van der Waals surface area contributed by atoms with Crippen molar-refractivity contribution in [1.29, 1.82) is 5.26 Å². The van der Waals surface area contributed by atoms with Gasteiger partial charge in [-0.15, -0.1) is 5.26 Å². The van der Waals surface area contributed by atoms with E-state index in [4.69, 9.17) is 10.00 Å². The lowest BCUT2D eigenvalue weighted by atomic mass is 9.78. The summed E-state index contributed by atoms with van der Waals surface area (Å²) in [6, 6.07) is 14.7. The molecule has 2 aromatic rings. The number of amides is 2. The van der Waals surface area contributed by atoms with Crippen molar-refractivity contribution < 1.29 is 14.3 Å². The van der Waals surface area contributed by atoms with Gasteiger partial charge in [-0.05, 0) is 35.4 Å². The Morgan fingerprint density at radius 3 is 1.84 bits per heavy atom. The van der Waals surface area contributed by atoms with E-state index in [0.717, 1.165) is 16.0 Å². The fraction of sp³-hybridized carbons (Fsp3) is 0.150. The Kier molecular flexibility index (Phi) is 4.12. The van der Waals surface area contributed by atoms with Gasteiger partial charge in [-0.2, -0.15) is 0 Å². The van der Waals surface area contributed by atoms with E-state index in [9.17, 15) is 9.59 Å². The van der Waals surface area contributed by atoms with Crippen molar-refractivity contribution in [2.24, 2.45) is 0 Å². The van der Waals surface area contributed by atoms with Crippen LogP contribution < -0.4 is 9.64 Å². The van der Waals surface area contributed by atoms with Gasteiger partial charge in [-0.25, -0.2) is 4.90 Å². The third-order valence-electron chi connectivity index (χ3n) is 4.40. The van der Waals surface area contributed by atoms with Crippen LogP contribution in [0.3, 0.4) is 0 Å². The molecule has 0 spiro atoms. The van der Waals surface area contributed by atoms with E-state index in [1.165, 1.54) is 12.2 Å². The summed E-state index contributed by atoms with van der Waals surface area (Å²) in [4.78, 5) is 24.7. The summed E-state index contributed by atoms with van der Waals surface area (Å²) in [6.45, 7) is 4.16. The molecule has 1 heterocycles. The van der Waals surface area contributed by atoms with Crippen molar-refractivity contribution in [3.8, 4) is 12.0 Å². The second-order valence-electron chi connectivity index (χ2n) is 6.23. The summed E-state index contributed by atoms with van der Waals surface area (Å²) in [5.41, 5.74) is 2.36. The van der Waals surface area contributed by atoms with Gasteiger partial charge in [0.2, 0.25) is 0 Å². The zero-order valence-corrected chi connectivity index (χ0v) is 13.9. The van der Waals surface area contributed by atoms with Crippen molar-refractivity contribution in [1.82, 2.24) is 0 Å². The number of carbonyl (C=O) groups is 2. The molecule has 1 aliphatic heterocycles. The van der Waals surface area contributed by atoms with Gasteiger partial charge in [-0.1, -0.05) is 38.1 Å². The first-order chi connectivity index (χ1) is 11.9. The molecule has 5 nitrogen and oxygen atoms in total.